The molecule has 0 aliphatic heterocycles. The molecule has 0 amide bonds. The number of hydrogen-bond donors (Lipinski definition) is 2. The maximum atomic E-state index is 10.5. The van der Waals surface area contributed by atoms with Crippen LogP contribution in [0.1, 0.15) is 5.56 Å². The Morgan fingerprint density at radius 1 is 1.32 bits per heavy atom. The molecule has 3 rings (SSSR count). The van der Waals surface area contributed by atoms with Crippen LogP contribution < -0.4 is 4.74 Å². The SMILES string of the molecule is Cc1cc(-c2nc3ccc(Cl)cc3[nH]2)ccc1OCC(=O)O. The van der Waals surface area contributed by atoms with Gasteiger partial charge in [-0.3, -0.25) is 0 Å². The number of aryl methyl sites for hydroxylation is 1. The van der Waals surface area contributed by atoms with Gasteiger partial charge in [-0.2, -0.15) is 0 Å². The monoisotopic (exact) mass is 316 g/mol. The first-order chi connectivity index (χ1) is 10.5. The summed E-state index contributed by atoms with van der Waals surface area (Å²) in [6.07, 6.45) is 0. The maximum Gasteiger partial charge on any atom is 0.341 e. The van der Waals surface area contributed by atoms with E-state index in [9.17, 15) is 4.79 Å². The predicted octanol–water partition coefficient (Wildman–Crippen LogP) is 3.66. The maximum absolute atomic E-state index is 10.5. The summed E-state index contributed by atoms with van der Waals surface area (Å²) >= 11 is 5.97. The van der Waals surface area contributed by atoms with Crippen LogP contribution in [-0.2, 0) is 4.79 Å². The van der Waals surface area contributed by atoms with Gasteiger partial charge in [0.05, 0.1) is 11.0 Å². The van der Waals surface area contributed by atoms with E-state index in [1.165, 1.54) is 0 Å². The van der Waals surface area contributed by atoms with Gasteiger partial charge in [-0.15, -0.1) is 0 Å². The molecule has 2 N–H and O–H groups in total. The second-order valence-electron chi connectivity index (χ2n) is 4.91. The number of aromatic amines is 1. The van der Waals surface area contributed by atoms with Crippen LogP contribution in [0, 0.1) is 6.92 Å². The number of halogens is 1. The summed E-state index contributed by atoms with van der Waals surface area (Å²) in [6, 6.07) is 11.0. The molecule has 0 fully saturated rings. The molecule has 1 heterocycles. The Morgan fingerprint density at radius 3 is 2.86 bits per heavy atom. The Balaban J connectivity index is 1.93. The average Bonchev–Trinajstić information content (AvgIpc) is 2.88. The first-order valence-electron chi connectivity index (χ1n) is 6.64. The van der Waals surface area contributed by atoms with E-state index in [1.807, 2.05) is 31.2 Å². The molecule has 3 aromatic rings. The van der Waals surface area contributed by atoms with Crippen molar-refractivity contribution in [1.29, 1.82) is 0 Å². The number of H-pyrrole nitrogens is 1. The smallest absolute Gasteiger partial charge is 0.341 e. The molecule has 1 aromatic heterocycles. The minimum atomic E-state index is -1.00. The number of imidazole rings is 1. The molecule has 0 unspecified atom stereocenters. The zero-order chi connectivity index (χ0) is 15.7. The van der Waals surface area contributed by atoms with Gasteiger partial charge in [-0.05, 0) is 48.9 Å². The number of carbonyl (C=O) groups is 1. The lowest BCUT2D eigenvalue weighted by Crippen LogP contribution is -2.10. The summed E-state index contributed by atoms with van der Waals surface area (Å²) in [6.45, 7) is 1.50. The Labute approximate surface area is 131 Å². The molecule has 0 saturated heterocycles. The quantitative estimate of drug-likeness (QED) is 0.770. The van der Waals surface area contributed by atoms with Crippen molar-refractivity contribution in [1.82, 2.24) is 9.97 Å². The van der Waals surface area contributed by atoms with E-state index in [-0.39, 0.29) is 6.61 Å². The minimum Gasteiger partial charge on any atom is -0.482 e. The Hall–Kier alpha value is -2.53. The van der Waals surface area contributed by atoms with E-state index < -0.39 is 5.97 Å². The zero-order valence-corrected chi connectivity index (χ0v) is 12.5. The summed E-state index contributed by atoms with van der Waals surface area (Å²) in [5.41, 5.74) is 3.44. The topological polar surface area (TPSA) is 75.2 Å². The predicted molar refractivity (Wildman–Crippen MR) is 84.4 cm³/mol. The molecule has 0 spiro atoms. The van der Waals surface area contributed by atoms with Gasteiger partial charge in [0, 0.05) is 10.6 Å². The summed E-state index contributed by atoms with van der Waals surface area (Å²) < 4.78 is 5.22. The summed E-state index contributed by atoms with van der Waals surface area (Å²) in [4.78, 5) is 18.3. The van der Waals surface area contributed by atoms with Crippen molar-refractivity contribution >= 4 is 28.6 Å². The van der Waals surface area contributed by atoms with Crippen molar-refractivity contribution in [2.45, 2.75) is 6.92 Å². The molecule has 6 heteroatoms. The van der Waals surface area contributed by atoms with E-state index in [2.05, 4.69) is 9.97 Å². The van der Waals surface area contributed by atoms with Crippen molar-refractivity contribution in [3.05, 3.63) is 47.0 Å². The molecular weight excluding hydrogens is 304 g/mol. The van der Waals surface area contributed by atoms with E-state index in [4.69, 9.17) is 21.4 Å². The summed E-state index contributed by atoms with van der Waals surface area (Å²) in [5.74, 6) is 0.271. The van der Waals surface area contributed by atoms with E-state index in [0.29, 0.717) is 10.8 Å². The van der Waals surface area contributed by atoms with Gasteiger partial charge in [-0.25, -0.2) is 9.78 Å². The van der Waals surface area contributed by atoms with E-state index in [0.717, 1.165) is 28.0 Å². The standard InChI is InChI=1S/C16H13ClN2O3/c1-9-6-10(2-5-14(9)22-8-15(20)21)16-18-12-4-3-11(17)7-13(12)19-16/h2-7H,8H2,1H3,(H,18,19)(H,20,21). The molecule has 112 valence electrons. The molecule has 0 radical (unpaired) electrons. The van der Waals surface area contributed by atoms with Crippen molar-refractivity contribution in [3.8, 4) is 17.1 Å². The Bertz CT molecular complexity index is 858. The fourth-order valence-corrected chi connectivity index (χ4v) is 2.39. The molecule has 22 heavy (non-hydrogen) atoms. The van der Waals surface area contributed by atoms with Crippen molar-refractivity contribution in [2.75, 3.05) is 6.61 Å². The molecule has 0 atom stereocenters. The van der Waals surface area contributed by atoms with Crippen molar-refractivity contribution in [3.63, 3.8) is 0 Å². The van der Waals surface area contributed by atoms with Crippen LogP contribution in [-0.4, -0.2) is 27.7 Å². The minimum absolute atomic E-state index is 0.358. The number of fused-ring (bicyclic) bond motifs is 1. The van der Waals surface area contributed by atoms with Crippen molar-refractivity contribution in [2.24, 2.45) is 0 Å². The van der Waals surface area contributed by atoms with E-state index >= 15 is 0 Å². The number of benzene rings is 2. The molecule has 0 bridgehead atoms. The fraction of sp³-hybridized carbons (Fsp3) is 0.125. The van der Waals surface area contributed by atoms with Crippen LogP contribution >= 0.6 is 11.6 Å². The van der Waals surface area contributed by atoms with Crippen LogP contribution in [0.4, 0.5) is 0 Å². The normalized spacial score (nSPS) is 10.8. The van der Waals surface area contributed by atoms with Crippen LogP contribution in [0.3, 0.4) is 0 Å². The van der Waals surface area contributed by atoms with Crippen LogP contribution in [0.5, 0.6) is 5.75 Å². The van der Waals surface area contributed by atoms with Gasteiger partial charge in [-0.1, -0.05) is 11.6 Å². The highest BCUT2D eigenvalue weighted by molar-refractivity contribution is 6.31. The zero-order valence-electron chi connectivity index (χ0n) is 11.8. The highest BCUT2D eigenvalue weighted by Gasteiger charge is 2.09. The second-order valence-corrected chi connectivity index (χ2v) is 5.35. The lowest BCUT2D eigenvalue weighted by molar-refractivity contribution is -0.139. The van der Waals surface area contributed by atoms with Gasteiger partial charge in [0.2, 0.25) is 0 Å². The molecule has 0 aliphatic carbocycles. The number of ether oxygens (including phenoxy) is 1. The number of aliphatic carboxylic acids is 1. The third-order valence-electron chi connectivity index (χ3n) is 3.24. The Kier molecular flexibility index (Phi) is 3.73. The van der Waals surface area contributed by atoms with Gasteiger partial charge in [0.1, 0.15) is 11.6 Å². The number of aromatic nitrogens is 2. The van der Waals surface area contributed by atoms with Crippen molar-refractivity contribution < 1.29 is 14.6 Å². The largest absolute Gasteiger partial charge is 0.482 e. The van der Waals surface area contributed by atoms with Gasteiger partial charge >= 0.3 is 5.97 Å². The first-order valence-corrected chi connectivity index (χ1v) is 7.01. The van der Waals surface area contributed by atoms with Gasteiger partial charge < -0.3 is 14.8 Å². The third kappa shape index (κ3) is 2.89. The number of nitrogens with one attached hydrogen (secondary N) is 1. The number of carboxylic acid groups (broad SMARTS) is 1. The highest BCUT2D eigenvalue weighted by Crippen LogP contribution is 2.27. The van der Waals surface area contributed by atoms with Gasteiger partial charge in [0.15, 0.2) is 6.61 Å². The number of carboxylic acids is 1. The Morgan fingerprint density at radius 2 is 2.14 bits per heavy atom. The van der Waals surface area contributed by atoms with Gasteiger partial charge in [0.25, 0.3) is 0 Å². The number of hydrogen-bond acceptors (Lipinski definition) is 3. The average molecular weight is 317 g/mol. The molecule has 2 aromatic carbocycles. The summed E-state index contributed by atoms with van der Waals surface area (Å²) in [5, 5.41) is 9.30. The second kappa shape index (κ2) is 5.69. The molecule has 5 nitrogen and oxygen atoms in total. The first kappa shape index (κ1) is 14.4. The number of rotatable bonds is 4. The molecular formula is C16H13ClN2O3. The fourth-order valence-electron chi connectivity index (χ4n) is 2.22. The van der Waals surface area contributed by atoms with Crippen LogP contribution in [0.2, 0.25) is 5.02 Å². The van der Waals surface area contributed by atoms with Crippen LogP contribution in [0.25, 0.3) is 22.4 Å². The van der Waals surface area contributed by atoms with Crippen LogP contribution in [0.15, 0.2) is 36.4 Å². The third-order valence-corrected chi connectivity index (χ3v) is 3.48. The summed E-state index contributed by atoms with van der Waals surface area (Å²) in [7, 11) is 0. The lowest BCUT2D eigenvalue weighted by Gasteiger charge is -2.08. The molecule has 0 aliphatic rings. The lowest BCUT2D eigenvalue weighted by atomic mass is 10.1. The highest BCUT2D eigenvalue weighted by atomic mass is 35.5. The number of nitrogens with zero attached hydrogens (tertiary/aromatic N) is 1. The van der Waals surface area contributed by atoms with E-state index in [1.54, 1.807) is 12.1 Å². The molecule has 0 saturated carbocycles.